The molecule has 2 rings (SSSR count). The zero-order chi connectivity index (χ0) is 18.8. The van der Waals surface area contributed by atoms with Crippen molar-refractivity contribution in [3.63, 3.8) is 0 Å². The number of hydrogen-bond acceptors (Lipinski definition) is 8. The minimum absolute atomic E-state index is 0.249. The molecule has 0 spiro atoms. The van der Waals surface area contributed by atoms with Crippen LogP contribution in [-0.4, -0.2) is 63.4 Å². The highest BCUT2D eigenvalue weighted by molar-refractivity contribution is 6.33. The summed E-state index contributed by atoms with van der Waals surface area (Å²) in [6.45, 7) is 4.11. The highest BCUT2D eigenvalue weighted by Crippen LogP contribution is 2.09. The van der Waals surface area contributed by atoms with E-state index < -0.39 is 24.1 Å². The van der Waals surface area contributed by atoms with Gasteiger partial charge in [0, 0.05) is 13.1 Å². The van der Waals surface area contributed by atoms with E-state index in [4.69, 9.17) is 0 Å². The van der Waals surface area contributed by atoms with Crippen molar-refractivity contribution >= 4 is 24.1 Å². The Hall–Kier alpha value is -2.20. The average molecular weight is 370 g/mol. The number of hydrogen-bond donors (Lipinski definition) is 4. The molecule has 0 saturated carbocycles. The van der Waals surface area contributed by atoms with Crippen molar-refractivity contribution in [3.8, 4) is 0 Å². The van der Waals surface area contributed by atoms with Crippen molar-refractivity contribution in [1.82, 2.24) is 21.3 Å². The van der Waals surface area contributed by atoms with Gasteiger partial charge in [0.05, 0.1) is 0 Å². The van der Waals surface area contributed by atoms with E-state index in [-0.39, 0.29) is 11.8 Å². The first-order valence-corrected chi connectivity index (χ1v) is 8.95. The molecule has 10 heteroatoms. The summed E-state index contributed by atoms with van der Waals surface area (Å²) in [5.41, 5.74) is 0. The van der Waals surface area contributed by atoms with Gasteiger partial charge in [-0.05, 0) is 63.7 Å². The van der Waals surface area contributed by atoms with Crippen LogP contribution in [0.5, 0.6) is 0 Å². The van der Waals surface area contributed by atoms with Crippen LogP contribution in [0.1, 0.15) is 25.7 Å². The molecule has 0 aromatic heterocycles. The number of piperidine rings is 2. The van der Waals surface area contributed by atoms with Gasteiger partial charge in [-0.3, -0.25) is 0 Å². The number of esters is 2. The van der Waals surface area contributed by atoms with E-state index in [0.717, 1.165) is 51.9 Å². The second kappa shape index (κ2) is 10.7. The van der Waals surface area contributed by atoms with Gasteiger partial charge in [0.1, 0.15) is 0 Å². The van der Waals surface area contributed by atoms with Crippen LogP contribution < -0.4 is 21.3 Å². The molecule has 2 fully saturated rings. The van der Waals surface area contributed by atoms with E-state index in [2.05, 4.69) is 30.7 Å². The van der Waals surface area contributed by atoms with Crippen LogP contribution in [0.25, 0.3) is 0 Å². The lowest BCUT2D eigenvalue weighted by molar-refractivity contribution is -0.160. The third-order valence-electron chi connectivity index (χ3n) is 4.41. The lowest BCUT2D eigenvalue weighted by atomic mass is 10.00. The van der Waals surface area contributed by atoms with Gasteiger partial charge in [-0.15, -0.1) is 0 Å². The molecule has 0 aliphatic carbocycles. The Morgan fingerprint density at radius 1 is 0.769 bits per heavy atom. The highest BCUT2D eigenvalue weighted by atomic mass is 16.6. The zero-order valence-corrected chi connectivity index (χ0v) is 14.7. The molecule has 2 heterocycles. The van der Waals surface area contributed by atoms with Gasteiger partial charge in [-0.2, -0.15) is 0 Å². The normalized spacial score (nSPS) is 22.8. The van der Waals surface area contributed by atoms with Gasteiger partial charge >= 0.3 is 24.1 Å². The van der Waals surface area contributed by atoms with E-state index >= 15 is 0 Å². The van der Waals surface area contributed by atoms with Crippen molar-refractivity contribution in [2.75, 3.05) is 39.3 Å². The van der Waals surface area contributed by atoms with Crippen molar-refractivity contribution < 1.29 is 28.7 Å². The fourth-order valence-corrected chi connectivity index (χ4v) is 2.98. The first kappa shape index (κ1) is 20.1. The lowest BCUT2D eigenvalue weighted by Crippen LogP contribution is -2.41. The lowest BCUT2D eigenvalue weighted by Gasteiger charge is -2.22. The van der Waals surface area contributed by atoms with Gasteiger partial charge in [0.15, 0.2) is 0 Å². The number of ether oxygens (including phenoxy) is 2. The smallest absolute Gasteiger partial charge is 0.368 e. The maximum Gasteiger partial charge on any atom is 0.426 e. The van der Waals surface area contributed by atoms with Gasteiger partial charge in [0.25, 0.3) is 0 Å². The summed E-state index contributed by atoms with van der Waals surface area (Å²) in [7, 11) is 0. The number of carbonyl (C=O) groups excluding carboxylic acids is 4. The van der Waals surface area contributed by atoms with Crippen LogP contribution in [0.2, 0.25) is 0 Å². The standard InChI is InChI=1S/C16H26N4O6/c21-13(25-15(23)19-9-11-3-1-5-17-7-11)14(22)26-16(24)20-10-12-4-2-6-18-8-12/h11-12,17-18H,1-10H2,(H,19,23)(H,20,24)/t11-,12-/m1/s1. The summed E-state index contributed by atoms with van der Waals surface area (Å²) in [5, 5.41) is 11.2. The molecule has 0 aromatic rings. The molecular weight excluding hydrogens is 344 g/mol. The minimum atomic E-state index is -1.53. The molecule has 26 heavy (non-hydrogen) atoms. The molecule has 10 nitrogen and oxygen atoms in total. The summed E-state index contributed by atoms with van der Waals surface area (Å²) in [6.07, 6.45) is 1.87. The number of carbonyl (C=O) groups is 4. The molecule has 0 radical (unpaired) electrons. The second-order valence-electron chi connectivity index (χ2n) is 6.54. The van der Waals surface area contributed by atoms with Crippen molar-refractivity contribution in [3.05, 3.63) is 0 Å². The fraction of sp³-hybridized carbons (Fsp3) is 0.750. The van der Waals surface area contributed by atoms with E-state index in [1.165, 1.54) is 0 Å². The van der Waals surface area contributed by atoms with Crippen molar-refractivity contribution in [1.29, 1.82) is 0 Å². The molecular formula is C16H26N4O6. The largest absolute Gasteiger partial charge is 0.426 e. The first-order chi connectivity index (χ1) is 12.5. The van der Waals surface area contributed by atoms with E-state index in [1.807, 2.05) is 0 Å². The van der Waals surface area contributed by atoms with E-state index in [1.54, 1.807) is 0 Å². The first-order valence-electron chi connectivity index (χ1n) is 8.95. The monoisotopic (exact) mass is 370 g/mol. The molecule has 0 bridgehead atoms. The van der Waals surface area contributed by atoms with E-state index in [0.29, 0.717) is 13.1 Å². The van der Waals surface area contributed by atoms with Crippen LogP contribution in [-0.2, 0) is 19.1 Å². The Kier molecular flexibility index (Phi) is 8.29. The molecule has 2 atom stereocenters. The van der Waals surface area contributed by atoms with Crippen LogP contribution >= 0.6 is 0 Å². The van der Waals surface area contributed by atoms with Crippen LogP contribution in [0.15, 0.2) is 0 Å². The van der Waals surface area contributed by atoms with Crippen molar-refractivity contribution in [2.45, 2.75) is 25.7 Å². The van der Waals surface area contributed by atoms with Crippen LogP contribution in [0.4, 0.5) is 9.59 Å². The average Bonchev–Trinajstić information content (AvgIpc) is 2.66. The Labute approximate surface area is 151 Å². The molecule has 0 aromatic carbocycles. The van der Waals surface area contributed by atoms with Crippen LogP contribution in [0, 0.1) is 11.8 Å². The molecule has 2 aliphatic rings. The maximum absolute atomic E-state index is 11.5. The highest BCUT2D eigenvalue weighted by Gasteiger charge is 2.25. The quantitative estimate of drug-likeness (QED) is 0.295. The summed E-state index contributed by atoms with van der Waals surface area (Å²) >= 11 is 0. The predicted octanol–water partition coefficient (Wildman–Crippen LogP) is -0.509. The molecule has 2 amide bonds. The second-order valence-corrected chi connectivity index (χ2v) is 6.54. The summed E-state index contributed by atoms with van der Waals surface area (Å²) < 4.78 is 8.65. The Morgan fingerprint density at radius 3 is 1.54 bits per heavy atom. The summed E-state index contributed by atoms with van der Waals surface area (Å²) in [4.78, 5) is 46.0. The number of nitrogens with one attached hydrogen (secondary N) is 4. The van der Waals surface area contributed by atoms with Gasteiger partial charge in [0.2, 0.25) is 0 Å². The minimum Gasteiger partial charge on any atom is -0.368 e. The van der Waals surface area contributed by atoms with Gasteiger partial charge < -0.3 is 30.7 Å². The third kappa shape index (κ3) is 7.36. The summed E-state index contributed by atoms with van der Waals surface area (Å²) in [6, 6.07) is 0. The number of amides is 2. The van der Waals surface area contributed by atoms with Crippen LogP contribution in [0.3, 0.4) is 0 Å². The summed E-state index contributed by atoms with van der Waals surface area (Å²) in [5.74, 6) is -2.56. The number of alkyl carbamates (subject to hydrolysis) is 2. The third-order valence-corrected chi connectivity index (χ3v) is 4.41. The van der Waals surface area contributed by atoms with Gasteiger partial charge in [-0.25, -0.2) is 19.2 Å². The predicted molar refractivity (Wildman–Crippen MR) is 90.2 cm³/mol. The fourth-order valence-electron chi connectivity index (χ4n) is 2.98. The zero-order valence-electron chi connectivity index (χ0n) is 14.7. The van der Waals surface area contributed by atoms with Crippen molar-refractivity contribution in [2.24, 2.45) is 11.8 Å². The van der Waals surface area contributed by atoms with E-state index in [9.17, 15) is 19.2 Å². The molecule has 4 N–H and O–H groups in total. The molecule has 2 aliphatic heterocycles. The Bertz CT molecular complexity index is 469. The Morgan fingerprint density at radius 2 is 1.19 bits per heavy atom. The topological polar surface area (TPSA) is 135 Å². The number of rotatable bonds is 4. The molecule has 0 unspecified atom stereocenters. The maximum atomic E-state index is 11.5. The SMILES string of the molecule is O=C(NC[C@@H]1CCCNC1)OC(=O)C(=O)OC(=O)NC[C@@H]1CCCNC1. The Balaban J connectivity index is 1.60. The molecule has 146 valence electrons. The molecule has 2 saturated heterocycles. The van der Waals surface area contributed by atoms with Gasteiger partial charge in [-0.1, -0.05) is 0 Å².